The van der Waals surface area contributed by atoms with Gasteiger partial charge in [-0.2, -0.15) is 10.2 Å². The molecule has 0 amide bonds. The third kappa shape index (κ3) is 0.707. The van der Waals surface area contributed by atoms with E-state index < -0.39 is 0 Å². The van der Waals surface area contributed by atoms with Gasteiger partial charge in [0.15, 0.2) is 6.29 Å². The van der Waals surface area contributed by atoms with Gasteiger partial charge in [-0.25, -0.2) is 0 Å². The van der Waals surface area contributed by atoms with Crippen LogP contribution < -0.4 is 0 Å². The summed E-state index contributed by atoms with van der Waals surface area (Å²) < 4.78 is 0. The number of carbonyl (C=O) groups excluding carboxylic acids is 1. The van der Waals surface area contributed by atoms with Crippen molar-refractivity contribution >= 4 is 6.29 Å². The van der Waals surface area contributed by atoms with E-state index in [0.717, 1.165) is 0 Å². The number of carbonyl (C=O) groups is 1. The number of allylic oxidation sites excluding steroid dienone is 1. The Labute approximate surface area is 40.7 Å². The average molecular weight is 96.1 g/mol. The smallest absolute Gasteiger partial charge is 0.170 e. The van der Waals surface area contributed by atoms with E-state index in [-0.39, 0.29) is 0 Å². The van der Waals surface area contributed by atoms with Crippen LogP contribution >= 0.6 is 0 Å². The van der Waals surface area contributed by atoms with Gasteiger partial charge in [-0.15, -0.1) is 0 Å². The summed E-state index contributed by atoms with van der Waals surface area (Å²) in [4.78, 5) is 9.79. The molecular weight excluding hydrogens is 92.1 g/mol. The molecule has 0 aliphatic carbocycles. The van der Waals surface area contributed by atoms with Crippen molar-refractivity contribution in [3.8, 4) is 0 Å². The van der Waals surface area contributed by atoms with Gasteiger partial charge < -0.3 is 0 Å². The molecule has 36 valence electrons. The second kappa shape index (κ2) is 1.64. The Balaban J connectivity index is 2.69. The van der Waals surface area contributed by atoms with Crippen LogP contribution in [0.25, 0.3) is 0 Å². The highest BCUT2D eigenvalue weighted by atomic mass is 16.1. The molecule has 1 aliphatic heterocycles. The topological polar surface area (TPSA) is 41.8 Å². The van der Waals surface area contributed by atoms with Crippen molar-refractivity contribution in [3.05, 3.63) is 11.8 Å². The van der Waals surface area contributed by atoms with Crippen LogP contribution in [0, 0.1) is 0 Å². The summed E-state index contributed by atoms with van der Waals surface area (Å²) in [5, 5.41) is 7.01. The van der Waals surface area contributed by atoms with Crippen LogP contribution in [0.15, 0.2) is 22.0 Å². The maximum absolute atomic E-state index is 9.79. The molecule has 0 saturated heterocycles. The molecule has 0 spiro atoms. The molecule has 0 radical (unpaired) electrons. The fourth-order valence-electron chi connectivity index (χ4n) is 0.369. The maximum Gasteiger partial charge on any atom is 0.170 e. The number of aldehydes is 1. The van der Waals surface area contributed by atoms with E-state index in [1.165, 1.54) is 0 Å². The Kier molecular flexibility index (Phi) is 0.978. The second-order valence-corrected chi connectivity index (χ2v) is 1.17. The Morgan fingerprint density at radius 1 is 1.86 bits per heavy atom. The Bertz CT molecular complexity index is 137. The number of rotatable bonds is 1. The molecule has 0 saturated carbocycles. The highest BCUT2D eigenvalue weighted by Crippen LogP contribution is 1.99. The third-order valence-corrected chi connectivity index (χ3v) is 0.689. The van der Waals surface area contributed by atoms with Gasteiger partial charge >= 0.3 is 0 Å². The number of hydrogen-bond acceptors (Lipinski definition) is 3. The zero-order valence-electron chi connectivity index (χ0n) is 3.66. The molecule has 0 aromatic heterocycles. The van der Waals surface area contributed by atoms with Crippen molar-refractivity contribution in [3.63, 3.8) is 0 Å². The van der Waals surface area contributed by atoms with Crippen LogP contribution in [0.1, 0.15) is 0 Å². The van der Waals surface area contributed by atoms with E-state index in [0.29, 0.717) is 18.5 Å². The van der Waals surface area contributed by atoms with Crippen molar-refractivity contribution in [2.75, 3.05) is 6.54 Å². The highest BCUT2D eigenvalue weighted by molar-refractivity contribution is 5.72. The van der Waals surface area contributed by atoms with E-state index in [1.807, 2.05) is 0 Å². The van der Waals surface area contributed by atoms with Gasteiger partial charge in [0.25, 0.3) is 0 Å². The number of hydrogen-bond donors (Lipinski definition) is 0. The van der Waals surface area contributed by atoms with Gasteiger partial charge in [-0.05, 0) is 6.08 Å². The minimum Gasteiger partial charge on any atom is -0.296 e. The van der Waals surface area contributed by atoms with E-state index in [9.17, 15) is 4.79 Å². The molecule has 7 heavy (non-hydrogen) atoms. The van der Waals surface area contributed by atoms with Gasteiger partial charge in [0.1, 0.15) is 5.70 Å². The van der Waals surface area contributed by atoms with Crippen LogP contribution in [-0.4, -0.2) is 12.8 Å². The third-order valence-electron chi connectivity index (χ3n) is 0.689. The molecule has 0 N–H and O–H groups in total. The van der Waals surface area contributed by atoms with E-state index in [2.05, 4.69) is 10.2 Å². The SMILES string of the molecule is O=CC1=CCN=N1. The van der Waals surface area contributed by atoms with Crippen LogP contribution in [0.2, 0.25) is 0 Å². The van der Waals surface area contributed by atoms with E-state index in [1.54, 1.807) is 6.08 Å². The predicted octanol–water partition coefficient (Wildman–Crippen LogP) is 0.535. The van der Waals surface area contributed by atoms with Crippen LogP contribution in [0.3, 0.4) is 0 Å². The molecule has 1 heterocycles. The van der Waals surface area contributed by atoms with Gasteiger partial charge in [0.05, 0.1) is 6.54 Å². The molecule has 0 aromatic carbocycles. The molecule has 0 fully saturated rings. The summed E-state index contributed by atoms with van der Waals surface area (Å²) in [6.07, 6.45) is 2.36. The fourth-order valence-corrected chi connectivity index (χ4v) is 0.369. The monoisotopic (exact) mass is 96.0 g/mol. The summed E-state index contributed by atoms with van der Waals surface area (Å²) in [5.41, 5.74) is 0.444. The number of azo groups is 1. The summed E-state index contributed by atoms with van der Waals surface area (Å²) in [6, 6.07) is 0. The lowest BCUT2D eigenvalue weighted by molar-refractivity contribution is -0.104. The minimum atomic E-state index is 0.444. The Hall–Kier alpha value is -0.990. The van der Waals surface area contributed by atoms with Gasteiger partial charge in [-0.3, -0.25) is 4.79 Å². The quantitative estimate of drug-likeness (QED) is 0.439. The van der Waals surface area contributed by atoms with Gasteiger partial charge in [0, 0.05) is 0 Å². The molecule has 0 bridgehead atoms. The highest BCUT2D eigenvalue weighted by Gasteiger charge is 1.93. The first-order valence-corrected chi connectivity index (χ1v) is 1.96. The predicted molar refractivity (Wildman–Crippen MR) is 23.9 cm³/mol. The van der Waals surface area contributed by atoms with Crippen molar-refractivity contribution in [1.29, 1.82) is 0 Å². The molecule has 3 nitrogen and oxygen atoms in total. The standard InChI is InChI=1S/C4H4N2O/c7-3-4-1-2-5-6-4/h1,3H,2H2. The second-order valence-electron chi connectivity index (χ2n) is 1.17. The van der Waals surface area contributed by atoms with E-state index in [4.69, 9.17) is 0 Å². The number of nitrogens with zero attached hydrogens (tertiary/aromatic N) is 2. The molecule has 0 unspecified atom stereocenters. The lowest BCUT2D eigenvalue weighted by Crippen LogP contribution is -1.70. The summed E-state index contributed by atoms with van der Waals surface area (Å²) in [5.74, 6) is 0. The van der Waals surface area contributed by atoms with Gasteiger partial charge in [0.2, 0.25) is 0 Å². The van der Waals surface area contributed by atoms with E-state index >= 15 is 0 Å². The lowest BCUT2D eigenvalue weighted by atomic mass is 10.5. The molecule has 1 aliphatic rings. The lowest BCUT2D eigenvalue weighted by Gasteiger charge is -1.68. The largest absolute Gasteiger partial charge is 0.296 e. The van der Waals surface area contributed by atoms with Gasteiger partial charge in [-0.1, -0.05) is 0 Å². The summed E-state index contributed by atoms with van der Waals surface area (Å²) in [7, 11) is 0. The Morgan fingerprint density at radius 3 is 3.00 bits per heavy atom. The molecule has 0 atom stereocenters. The zero-order chi connectivity index (χ0) is 5.11. The normalized spacial score (nSPS) is 16.9. The fraction of sp³-hybridized carbons (Fsp3) is 0.250. The first kappa shape index (κ1) is 4.18. The molecular formula is C4H4N2O. The maximum atomic E-state index is 9.79. The van der Waals surface area contributed by atoms with Crippen molar-refractivity contribution in [2.45, 2.75) is 0 Å². The zero-order valence-corrected chi connectivity index (χ0v) is 3.66. The summed E-state index contributed by atoms with van der Waals surface area (Å²) in [6.45, 7) is 0.564. The molecule has 1 rings (SSSR count). The van der Waals surface area contributed by atoms with Crippen LogP contribution in [-0.2, 0) is 4.79 Å². The first-order chi connectivity index (χ1) is 3.43. The van der Waals surface area contributed by atoms with Crippen molar-refractivity contribution in [1.82, 2.24) is 0 Å². The minimum absolute atomic E-state index is 0.444. The van der Waals surface area contributed by atoms with Crippen molar-refractivity contribution in [2.24, 2.45) is 10.2 Å². The van der Waals surface area contributed by atoms with Crippen molar-refractivity contribution < 1.29 is 4.79 Å². The molecule has 0 aromatic rings. The summed E-state index contributed by atoms with van der Waals surface area (Å²) >= 11 is 0. The van der Waals surface area contributed by atoms with Crippen LogP contribution in [0.4, 0.5) is 0 Å². The molecule has 3 heteroatoms. The average Bonchev–Trinajstić information content (AvgIpc) is 2.14. The first-order valence-electron chi connectivity index (χ1n) is 1.96. The Morgan fingerprint density at radius 2 is 2.71 bits per heavy atom. The van der Waals surface area contributed by atoms with Crippen LogP contribution in [0.5, 0.6) is 0 Å².